The average Bonchev–Trinajstić information content (AvgIpc) is 2.71. The fourth-order valence-electron chi connectivity index (χ4n) is 3.13. The van der Waals surface area contributed by atoms with Crippen molar-refractivity contribution < 1.29 is 22.7 Å². The Balaban J connectivity index is 1.45. The van der Waals surface area contributed by atoms with E-state index in [1.807, 2.05) is 0 Å². The molecule has 0 unspecified atom stereocenters. The van der Waals surface area contributed by atoms with E-state index in [0.29, 0.717) is 13.0 Å². The second-order valence-corrected chi connectivity index (χ2v) is 6.70. The van der Waals surface area contributed by atoms with Gasteiger partial charge in [0, 0.05) is 30.9 Å². The third-order valence-electron chi connectivity index (χ3n) is 4.69. The molecule has 3 rings (SSSR count). The molecule has 1 N–H and O–H groups in total. The normalized spacial score (nSPS) is 14.8. The van der Waals surface area contributed by atoms with E-state index >= 15 is 0 Å². The number of morpholine rings is 1. The van der Waals surface area contributed by atoms with E-state index in [9.17, 15) is 18.0 Å². The summed E-state index contributed by atoms with van der Waals surface area (Å²) in [7, 11) is 0. The highest BCUT2D eigenvalue weighted by molar-refractivity contribution is 5.94. The Morgan fingerprint density at radius 2 is 1.79 bits per heavy atom. The van der Waals surface area contributed by atoms with Gasteiger partial charge in [-0.2, -0.15) is 13.2 Å². The molecule has 0 aliphatic carbocycles. The number of ether oxygens (including phenoxy) is 1. The number of rotatable bonds is 6. The zero-order valence-electron chi connectivity index (χ0n) is 15.5. The smallest absolute Gasteiger partial charge is 0.378 e. The number of hydrogen-bond donors (Lipinski definition) is 1. The highest BCUT2D eigenvalue weighted by Crippen LogP contribution is 2.29. The summed E-state index contributed by atoms with van der Waals surface area (Å²) >= 11 is 0. The summed E-state index contributed by atoms with van der Waals surface area (Å²) in [6.45, 7) is 3.67. The molecule has 0 atom stereocenters. The van der Waals surface area contributed by atoms with E-state index in [1.54, 1.807) is 0 Å². The fraction of sp³-hybridized carbons (Fsp3) is 0.381. The van der Waals surface area contributed by atoms with Crippen LogP contribution >= 0.6 is 0 Å². The van der Waals surface area contributed by atoms with Gasteiger partial charge >= 0.3 is 6.18 Å². The zero-order valence-corrected chi connectivity index (χ0v) is 15.5. The minimum atomic E-state index is -4.45. The molecular formula is C21H23F3N2O2. The van der Waals surface area contributed by atoms with Gasteiger partial charge in [-0.25, -0.2) is 0 Å². The van der Waals surface area contributed by atoms with Gasteiger partial charge in [0.05, 0.1) is 18.8 Å². The van der Waals surface area contributed by atoms with Crippen molar-refractivity contribution in [3.8, 4) is 0 Å². The Bertz CT molecular complexity index is 785. The monoisotopic (exact) mass is 392 g/mol. The predicted molar refractivity (Wildman–Crippen MR) is 102 cm³/mol. The summed E-state index contributed by atoms with van der Waals surface area (Å²) < 4.78 is 43.5. The van der Waals surface area contributed by atoms with Crippen LogP contribution in [0.1, 0.15) is 27.9 Å². The maximum Gasteiger partial charge on any atom is 0.416 e. The van der Waals surface area contributed by atoms with Gasteiger partial charge in [0.25, 0.3) is 5.91 Å². The Morgan fingerprint density at radius 3 is 2.46 bits per heavy atom. The SMILES string of the molecule is O=C(NCCCc1ccc(N2CCOCC2)cc1)c1cccc(C(F)(F)F)c1. The van der Waals surface area contributed by atoms with Crippen molar-refractivity contribution >= 4 is 11.6 Å². The molecule has 1 heterocycles. The van der Waals surface area contributed by atoms with Crippen molar-refractivity contribution in [3.63, 3.8) is 0 Å². The van der Waals surface area contributed by atoms with Crippen molar-refractivity contribution in [2.24, 2.45) is 0 Å². The van der Waals surface area contributed by atoms with Crippen LogP contribution in [0.3, 0.4) is 0 Å². The first-order valence-corrected chi connectivity index (χ1v) is 9.30. The number of benzene rings is 2. The molecule has 1 fully saturated rings. The quantitative estimate of drug-likeness (QED) is 0.758. The minimum absolute atomic E-state index is 0.0182. The maximum absolute atomic E-state index is 12.7. The summed E-state index contributed by atoms with van der Waals surface area (Å²) in [4.78, 5) is 14.3. The summed E-state index contributed by atoms with van der Waals surface area (Å²) in [6, 6.07) is 12.8. The highest BCUT2D eigenvalue weighted by Gasteiger charge is 2.30. The lowest BCUT2D eigenvalue weighted by atomic mass is 10.1. The second kappa shape index (κ2) is 9.10. The molecule has 150 valence electrons. The number of halogens is 3. The number of nitrogens with one attached hydrogen (secondary N) is 1. The van der Waals surface area contributed by atoms with Crippen molar-refractivity contribution in [2.45, 2.75) is 19.0 Å². The standard InChI is InChI=1S/C21H23F3N2O2/c22-21(23,24)18-5-1-4-17(15-18)20(27)25-10-2-3-16-6-8-19(9-7-16)26-11-13-28-14-12-26/h1,4-9,15H,2-3,10-14H2,(H,25,27). The number of anilines is 1. The Hall–Kier alpha value is -2.54. The molecule has 0 bridgehead atoms. The topological polar surface area (TPSA) is 41.6 Å². The minimum Gasteiger partial charge on any atom is -0.378 e. The number of amides is 1. The molecular weight excluding hydrogens is 369 g/mol. The number of alkyl halides is 3. The lowest BCUT2D eigenvalue weighted by Crippen LogP contribution is -2.36. The molecule has 1 saturated heterocycles. The van der Waals surface area contributed by atoms with Crippen LogP contribution in [-0.2, 0) is 17.3 Å². The van der Waals surface area contributed by atoms with Crippen molar-refractivity contribution in [1.82, 2.24) is 5.32 Å². The Morgan fingerprint density at radius 1 is 1.07 bits per heavy atom. The zero-order chi connectivity index (χ0) is 20.0. The molecule has 0 spiro atoms. The van der Waals surface area contributed by atoms with Crippen LogP contribution < -0.4 is 10.2 Å². The summed E-state index contributed by atoms with van der Waals surface area (Å²) in [5.74, 6) is -0.492. The number of nitrogens with zero attached hydrogens (tertiary/aromatic N) is 1. The van der Waals surface area contributed by atoms with E-state index < -0.39 is 17.6 Å². The molecule has 0 saturated carbocycles. The van der Waals surface area contributed by atoms with Gasteiger partial charge in [-0.15, -0.1) is 0 Å². The molecule has 0 aromatic heterocycles. The molecule has 7 heteroatoms. The summed E-state index contributed by atoms with van der Waals surface area (Å²) in [5.41, 5.74) is 1.53. The molecule has 2 aromatic rings. The molecule has 4 nitrogen and oxygen atoms in total. The molecule has 0 radical (unpaired) electrons. The number of carbonyl (C=O) groups excluding carboxylic acids is 1. The van der Waals surface area contributed by atoms with Gasteiger partial charge in [-0.1, -0.05) is 18.2 Å². The molecule has 2 aromatic carbocycles. The van der Waals surface area contributed by atoms with Crippen molar-refractivity contribution in [2.75, 3.05) is 37.7 Å². The van der Waals surface area contributed by atoms with Crippen LogP contribution in [0.4, 0.5) is 18.9 Å². The third kappa shape index (κ3) is 5.48. The van der Waals surface area contributed by atoms with E-state index in [0.717, 1.165) is 50.4 Å². The first kappa shape index (κ1) is 20.2. The molecule has 1 aliphatic heterocycles. The number of carbonyl (C=O) groups is 1. The van der Waals surface area contributed by atoms with Crippen LogP contribution in [0.5, 0.6) is 0 Å². The van der Waals surface area contributed by atoms with Crippen molar-refractivity contribution in [1.29, 1.82) is 0 Å². The highest BCUT2D eigenvalue weighted by atomic mass is 19.4. The van der Waals surface area contributed by atoms with Gasteiger partial charge in [0.15, 0.2) is 0 Å². The molecule has 1 aliphatic rings. The van der Waals surface area contributed by atoms with E-state index in [2.05, 4.69) is 34.5 Å². The Labute approximate surface area is 162 Å². The van der Waals surface area contributed by atoms with E-state index in [1.165, 1.54) is 17.8 Å². The van der Waals surface area contributed by atoms with Crippen LogP contribution in [-0.4, -0.2) is 38.8 Å². The summed E-state index contributed by atoms with van der Waals surface area (Å²) in [6.07, 6.45) is -2.96. The third-order valence-corrected chi connectivity index (χ3v) is 4.69. The maximum atomic E-state index is 12.7. The van der Waals surface area contributed by atoms with Gasteiger partial charge in [0.1, 0.15) is 0 Å². The molecule has 28 heavy (non-hydrogen) atoms. The number of hydrogen-bond acceptors (Lipinski definition) is 3. The van der Waals surface area contributed by atoms with Crippen LogP contribution in [0.2, 0.25) is 0 Å². The Kier molecular flexibility index (Phi) is 6.57. The first-order valence-electron chi connectivity index (χ1n) is 9.30. The van der Waals surface area contributed by atoms with Gasteiger partial charge in [-0.3, -0.25) is 4.79 Å². The lowest BCUT2D eigenvalue weighted by Gasteiger charge is -2.28. The molecule has 1 amide bonds. The lowest BCUT2D eigenvalue weighted by molar-refractivity contribution is -0.137. The largest absolute Gasteiger partial charge is 0.416 e. The van der Waals surface area contributed by atoms with Crippen molar-refractivity contribution in [3.05, 3.63) is 65.2 Å². The van der Waals surface area contributed by atoms with Crippen LogP contribution in [0, 0.1) is 0 Å². The fourth-order valence-corrected chi connectivity index (χ4v) is 3.13. The number of aryl methyl sites for hydroxylation is 1. The second-order valence-electron chi connectivity index (χ2n) is 6.70. The predicted octanol–water partition coefficient (Wildman–Crippen LogP) is 3.90. The van der Waals surface area contributed by atoms with E-state index in [-0.39, 0.29) is 5.56 Å². The van der Waals surface area contributed by atoms with Gasteiger partial charge in [-0.05, 0) is 48.7 Å². The van der Waals surface area contributed by atoms with Crippen LogP contribution in [0.25, 0.3) is 0 Å². The average molecular weight is 392 g/mol. The first-order chi connectivity index (χ1) is 13.4. The van der Waals surface area contributed by atoms with Crippen LogP contribution in [0.15, 0.2) is 48.5 Å². The van der Waals surface area contributed by atoms with E-state index in [4.69, 9.17) is 4.74 Å². The van der Waals surface area contributed by atoms with Gasteiger partial charge < -0.3 is 15.0 Å². The van der Waals surface area contributed by atoms with Gasteiger partial charge in [0.2, 0.25) is 0 Å². The summed E-state index contributed by atoms with van der Waals surface area (Å²) in [5, 5.41) is 2.68.